The largest absolute Gasteiger partial charge is 0.482 e. The van der Waals surface area contributed by atoms with E-state index in [0.29, 0.717) is 24.3 Å². The molecule has 0 bridgehead atoms. The predicted molar refractivity (Wildman–Crippen MR) is 119 cm³/mol. The highest BCUT2D eigenvalue weighted by atomic mass is 35.5. The second kappa shape index (κ2) is 8.37. The number of benzene rings is 1. The van der Waals surface area contributed by atoms with Gasteiger partial charge in [0.25, 0.3) is 0 Å². The molecule has 0 amide bonds. The van der Waals surface area contributed by atoms with Crippen LogP contribution in [0.2, 0.25) is 10.0 Å². The van der Waals surface area contributed by atoms with Crippen LogP contribution in [-0.4, -0.2) is 42.5 Å². The Hall–Kier alpha value is -2.22. The van der Waals surface area contributed by atoms with Crippen LogP contribution in [0.4, 0.5) is 10.2 Å². The van der Waals surface area contributed by atoms with Crippen LogP contribution in [0.5, 0.6) is 5.75 Å². The molecule has 11 heteroatoms. The minimum absolute atomic E-state index is 0.0708. The summed E-state index contributed by atoms with van der Waals surface area (Å²) in [4.78, 5) is 4.21. The van der Waals surface area contributed by atoms with Crippen molar-refractivity contribution in [2.45, 2.75) is 30.9 Å². The molecule has 1 aliphatic heterocycles. The van der Waals surface area contributed by atoms with E-state index in [4.69, 9.17) is 54.1 Å². The number of nitrogen functional groups attached to an aromatic ring is 1. The summed E-state index contributed by atoms with van der Waals surface area (Å²) >= 11 is 12.3. The number of pyridine rings is 1. The summed E-state index contributed by atoms with van der Waals surface area (Å²) in [5.41, 5.74) is 7.84. The van der Waals surface area contributed by atoms with Gasteiger partial charge in [-0.1, -0.05) is 23.2 Å². The Morgan fingerprint density at radius 3 is 2.81 bits per heavy atom. The molecule has 2 atom stereocenters. The van der Waals surface area contributed by atoms with Gasteiger partial charge in [-0.3, -0.25) is 4.68 Å². The molecule has 1 aliphatic rings. The van der Waals surface area contributed by atoms with Gasteiger partial charge < -0.3 is 15.2 Å². The van der Waals surface area contributed by atoms with Crippen molar-refractivity contribution in [3.8, 4) is 16.9 Å². The fraction of sp³-hybridized carbons (Fsp3) is 0.300. The van der Waals surface area contributed by atoms with E-state index >= 15 is 0 Å². The Morgan fingerprint density at radius 2 is 2.10 bits per heavy atom. The van der Waals surface area contributed by atoms with E-state index in [9.17, 15) is 4.39 Å². The van der Waals surface area contributed by atoms with Gasteiger partial charge in [0.15, 0.2) is 11.6 Å². The Balaban J connectivity index is 1.58. The molecule has 1 saturated heterocycles. The van der Waals surface area contributed by atoms with E-state index in [0.717, 1.165) is 11.1 Å². The molecule has 2 unspecified atom stereocenters. The van der Waals surface area contributed by atoms with Crippen LogP contribution in [0.25, 0.3) is 11.1 Å². The Labute approximate surface area is 191 Å². The summed E-state index contributed by atoms with van der Waals surface area (Å²) in [5.74, 6) is -0.105. The number of halogens is 3. The van der Waals surface area contributed by atoms with Gasteiger partial charge in [0, 0.05) is 34.1 Å². The molecule has 1 fully saturated rings. The average Bonchev–Trinajstić information content (AvgIpc) is 3.33. The lowest BCUT2D eigenvalue weighted by molar-refractivity contribution is 0.131. The molecule has 31 heavy (non-hydrogen) atoms. The van der Waals surface area contributed by atoms with Gasteiger partial charge in [-0.25, -0.2) is 9.37 Å². The van der Waals surface area contributed by atoms with Crippen molar-refractivity contribution in [3.05, 3.63) is 58.2 Å². The van der Waals surface area contributed by atoms with E-state index in [1.807, 2.05) is 6.20 Å². The number of anilines is 1. The van der Waals surface area contributed by atoms with Crippen molar-refractivity contribution in [2.24, 2.45) is 0 Å². The van der Waals surface area contributed by atoms with E-state index in [1.54, 1.807) is 30.1 Å². The zero-order chi connectivity index (χ0) is 22.3. The van der Waals surface area contributed by atoms with Crippen molar-refractivity contribution in [2.75, 3.05) is 12.3 Å². The molecule has 6 nitrogen and oxygen atoms in total. The molecule has 4 radical (unpaired) electrons. The molecule has 0 spiro atoms. The summed E-state index contributed by atoms with van der Waals surface area (Å²) in [7, 11) is 11.6. The van der Waals surface area contributed by atoms with E-state index in [2.05, 4.69) is 10.1 Å². The van der Waals surface area contributed by atoms with Crippen LogP contribution in [-0.2, 0) is 4.74 Å². The molecule has 3 aromatic rings. The maximum absolute atomic E-state index is 13.9. The first-order chi connectivity index (χ1) is 14.6. The Bertz CT molecular complexity index is 1130. The van der Waals surface area contributed by atoms with Crippen LogP contribution in [0.1, 0.15) is 31.1 Å². The van der Waals surface area contributed by atoms with Gasteiger partial charge >= 0.3 is 0 Å². The molecule has 0 saturated carbocycles. The van der Waals surface area contributed by atoms with Crippen molar-refractivity contribution in [1.82, 2.24) is 14.8 Å². The quantitative estimate of drug-likeness (QED) is 0.463. The lowest BCUT2D eigenvalue weighted by atomic mass is 9.63. The van der Waals surface area contributed by atoms with Crippen LogP contribution < -0.4 is 10.5 Å². The normalized spacial score (nSPS) is 18.8. The second-order valence-corrected chi connectivity index (χ2v) is 8.24. The number of nitrogens with two attached hydrogens (primary N) is 1. The number of aromatic nitrogens is 3. The van der Waals surface area contributed by atoms with Gasteiger partial charge in [-0.15, -0.1) is 0 Å². The third kappa shape index (κ3) is 4.54. The highest BCUT2D eigenvalue weighted by molar-refractivity contribution is 6.39. The summed E-state index contributed by atoms with van der Waals surface area (Å²) in [6, 6.07) is 4.28. The van der Waals surface area contributed by atoms with Gasteiger partial charge in [-0.2, -0.15) is 5.10 Å². The third-order valence-electron chi connectivity index (χ3n) is 5.08. The number of ether oxygens (including phenoxy) is 2. The van der Waals surface area contributed by atoms with Gasteiger partial charge in [-0.05, 0) is 36.9 Å². The smallest absolute Gasteiger partial charge is 0.166 e. The van der Waals surface area contributed by atoms with E-state index in [-0.39, 0.29) is 21.9 Å². The Morgan fingerprint density at radius 1 is 1.32 bits per heavy atom. The predicted octanol–water partition coefficient (Wildman–Crippen LogP) is 4.07. The molecule has 1 aromatic carbocycles. The molecule has 156 valence electrons. The molecular weight excluding hydrogens is 440 g/mol. The Kier molecular flexibility index (Phi) is 5.94. The average molecular weight is 457 g/mol. The molecule has 2 aromatic heterocycles. The summed E-state index contributed by atoms with van der Waals surface area (Å²) in [6.45, 7) is 2.07. The minimum atomic E-state index is -1.16. The zero-order valence-electron chi connectivity index (χ0n) is 16.6. The summed E-state index contributed by atoms with van der Waals surface area (Å²) in [5, 5.41) is 3.42. The first kappa shape index (κ1) is 22.0. The second-order valence-electron chi connectivity index (χ2n) is 7.46. The molecule has 0 aliphatic carbocycles. The molecule has 3 heterocycles. The molecule has 4 rings (SSSR count). The van der Waals surface area contributed by atoms with Crippen LogP contribution in [0, 0.1) is 5.82 Å². The topological polar surface area (TPSA) is 75.2 Å². The summed E-state index contributed by atoms with van der Waals surface area (Å²) < 4.78 is 26.9. The number of nitrogens with zero attached hydrogens (tertiary/aromatic N) is 3. The van der Waals surface area contributed by atoms with E-state index < -0.39 is 17.3 Å². The van der Waals surface area contributed by atoms with Crippen LogP contribution in [0.3, 0.4) is 0 Å². The highest BCUT2D eigenvalue weighted by Gasteiger charge is 2.32. The maximum Gasteiger partial charge on any atom is 0.166 e. The van der Waals surface area contributed by atoms with E-state index in [1.165, 1.54) is 12.1 Å². The zero-order valence-corrected chi connectivity index (χ0v) is 18.1. The summed E-state index contributed by atoms with van der Waals surface area (Å²) in [6.07, 6.45) is 4.91. The van der Waals surface area contributed by atoms with Crippen molar-refractivity contribution < 1.29 is 13.9 Å². The van der Waals surface area contributed by atoms with Crippen molar-refractivity contribution >= 4 is 44.7 Å². The van der Waals surface area contributed by atoms with Crippen LogP contribution >= 0.6 is 23.2 Å². The highest BCUT2D eigenvalue weighted by Crippen LogP contribution is 2.37. The first-order valence-electron chi connectivity index (χ1n) is 9.46. The fourth-order valence-corrected chi connectivity index (χ4v) is 4.14. The van der Waals surface area contributed by atoms with Gasteiger partial charge in [0.1, 0.15) is 11.9 Å². The van der Waals surface area contributed by atoms with Crippen molar-refractivity contribution in [1.29, 1.82) is 0 Å². The number of hydrogen-bond donors (Lipinski definition) is 1. The van der Waals surface area contributed by atoms with Crippen molar-refractivity contribution in [3.63, 3.8) is 0 Å². The fourth-order valence-electron chi connectivity index (χ4n) is 3.47. The van der Waals surface area contributed by atoms with Crippen LogP contribution in [0.15, 0.2) is 36.8 Å². The lowest BCUT2D eigenvalue weighted by Crippen LogP contribution is -2.28. The minimum Gasteiger partial charge on any atom is -0.482 e. The SMILES string of the molecule is [B]C1([B])CC(n2cc(-c3cnc(N)c(OC(C)c4c(Cl)ccc(F)c4Cl)c3)cn2)CO1. The first-order valence-corrected chi connectivity index (χ1v) is 10.2. The number of hydrogen-bond acceptors (Lipinski definition) is 5. The molecule has 2 N–H and O–H groups in total. The monoisotopic (exact) mass is 456 g/mol. The maximum atomic E-state index is 13.9. The lowest BCUT2D eigenvalue weighted by Gasteiger charge is -2.19. The molecular formula is C20H17B2Cl2FN4O2. The standard InChI is InChI=1S/C20H17B2Cl2FN4O2/c1-10(17-14(23)2-3-15(25)18(17)24)31-16-4-11(6-27-19(16)26)12-7-28-29(8-12)13-5-20(21,22)30-9-13/h2-4,6-8,10,13H,5,9H2,1H3,(H2,26,27). The number of rotatable bonds is 5. The van der Waals surface area contributed by atoms with Gasteiger partial charge in [0.2, 0.25) is 0 Å². The van der Waals surface area contributed by atoms with Gasteiger partial charge in [0.05, 0.1) is 39.6 Å². The third-order valence-corrected chi connectivity index (χ3v) is 5.79.